The van der Waals surface area contributed by atoms with Crippen molar-refractivity contribution in [1.29, 1.82) is 0 Å². The van der Waals surface area contributed by atoms with Crippen molar-refractivity contribution in [3.05, 3.63) is 69.7 Å². The normalized spacial score (nSPS) is 11.2. The molecule has 0 aliphatic heterocycles. The molecule has 0 spiro atoms. The van der Waals surface area contributed by atoms with Crippen LogP contribution in [-0.4, -0.2) is 13.1 Å². The van der Waals surface area contributed by atoms with E-state index < -0.39 is 5.97 Å². The Labute approximate surface area is 125 Å². The van der Waals surface area contributed by atoms with Crippen molar-refractivity contribution in [3.8, 4) is 0 Å². The van der Waals surface area contributed by atoms with Gasteiger partial charge in [-0.05, 0) is 35.9 Å². The van der Waals surface area contributed by atoms with E-state index in [1.54, 1.807) is 42.5 Å². The molecule has 2 aromatic rings. The average molecular weight is 335 g/mol. The summed E-state index contributed by atoms with van der Waals surface area (Å²) in [5, 5.41) is 0. The lowest BCUT2D eigenvalue weighted by Crippen LogP contribution is -2.00. The van der Waals surface area contributed by atoms with Gasteiger partial charge in [-0.15, -0.1) is 0 Å². The summed E-state index contributed by atoms with van der Waals surface area (Å²) in [4.78, 5) is 11.3. The number of esters is 1. The number of rotatable bonds is 3. The number of benzene rings is 2. The van der Waals surface area contributed by atoms with Crippen molar-refractivity contribution < 1.29 is 13.9 Å². The first-order valence-electron chi connectivity index (χ1n) is 5.91. The maximum absolute atomic E-state index is 14.1. The lowest BCUT2D eigenvalue weighted by molar-refractivity contribution is 0.0601. The fourth-order valence-electron chi connectivity index (χ4n) is 1.70. The van der Waals surface area contributed by atoms with Gasteiger partial charge in [0.15, 0.2) is 0 Å². The fraction of sp³-hybridized carbons (Fsp3) is 0.0625. The zero-order valence-electron chi connectivity index (χ0n) is 10.8. The lowest BCUT2D eigenvalue weighted by Gasteiger charge is -2.01. The molecule has 0 aliphatic carbocycles. The summed E-state index contributed by atoms with van der Waals surface area (Å²) in [6.45, 7) is 0. The minimum atomic E-state index is -0.409. The quantitative estimate of drug-likeness (QED) is 0.600. The Kier molecular flexibility index (Phi) is 4.69. The first kappa shape index (κ1) is 14.5. The van der Waals surface area contributed by atoms with Gasteiger partial charge in [0.1, 0.15) is 5.83 Å². The second-order valence-corrected chi connectivity index (χ2v) is 5.03. The molecule has 0 fully saturated rings. The van der Waals surface area contributed by atoms with Gasteiger partial charge in [0.25, 0.3) is 0 Å². The van der Waals surface area contributed by atoms with E-state index in [1.165, 1.54) is 13.2 Å². The molecule has 0 aromatic heterocycles. The number of methoxy groups -OCH3 is 1. The summed E-state index contributed by atoms with van der Waals surface area (Å²) in [6, 6.07) is 13.6. The molecule has 20 heavy (non-hydrogen) atoms. The molecule has 2 rings (SSSR count). The van der Waals surface area contributed by atoms with Crippen LogP contribution in [0, 0.1) is 0 Å². The summed E-state index contributed by atoms with van der Waals surface area (Å²) in [7, 11) is 1.32. The highest BCUT2D eigenvalue weighted by Gasteiger charge is 2.05. The predicted octanol–water partition coefficient (Wildman–Crippen LogP) is 4.70. The highest BCUT2D eigenvalue weighted by molar-refractivity contribution is 9.10. The molecule has 4 heteroatoms. The first-order chi connectivity index (χ1) is 9.60. The topological polar surface area (TPSA) is 26.3 Å². The van der Waals surface area contributed by atoms with Crippen LogP contribution in [0.3, 0.4) is 0 Å². The number of carbonyl (C=O) groups excluding carboxylic acids is 1. The number of hydrogen-bond donors (Lipinski definition) is 0. The molecule has 0 amide bonds. The SMILES string of the molecule is COC(=O)c1ccc(C=C(F)c2cccc(Br)c2)cc1. The monoisotopic (exact) mass is 334 g/mol. The summed E-state index contributed by atoms with van der Waals surface area (Å²) in [5.74, 6) is -0.745. The molecule has 0 heterocycles. The van der Waals surface area contributed by atoms with Crippen LogP contribution in [-0.2, 0) is 4.74 Å². The van der Waals surface area contributed by atoms with Gasteiger partial charge in [0.2, 0.25) is 0 Å². The van der Waals surface area contributed by atoms with E-state index in [2.05, 4.69) is 20.7 Å². The Balaban J connectivity index is 2.24. The molecule has 2 aromatic carbocycles. The Hall–Kier alpha value is -1.94. The van der Waals surface area contributed by atoms with Crippen molar-refractivity contribution in [3.63, 3.8) is 0 Å². The molecule has 0 atom stereocenters. The zero-order chi connectivity index (χ0) is 14.5. The Morgan fingerprint density at radius 3 is 2.45 bits per heavy atom. The second kappa shape index (κ2) is 6.48. The second-order valence-electron chi connectivity index (χ2n) is 4.12. The van der Waals surface area contributed by atoms with Crippen LogP contribution in [0.1, 0.15) is 21.5 Å². The van der Waals surface area contributed by atoms with Crippen molar-refractivity contribution >= 4 is 33.8 Å². The van der Waals surface area contributed by atoms with Gasteiger partial charge in [-0.1, -0.05) is 40.2 Å². The third-order valence-corrected chi connectivity index (χ3v) is 3.22. The maximum atomic E-state index is 14.1. The van der Waals surface area contributed by atoms with Crippen LogP contribution < -0.4 is 0 Å². The molecule has 0 saturated carbocycles. The number of hydrogen-bond acceptors (Lipinski definition) is 2. The maximum Gasteiger partial charge on any atom is 0.337 e. The summed E-state index contributed by atoms with van der Waals surface area (Å²) in [5.41, 5.74) is 1.61. The Morgan fingerprint density at radius 2 is 1.85 bits per heavy atom. The molecule has 102 valence electrons. The van der Waals surface area contributed by atoms with Gasteiger partial charge in [-0.2, -0.15) is 0 Å². The van der Waals surface area contributed by atoms with Crippen LogP contribution in [0.4, 0.5) is 4.39 Å². The van der Waals surface area contributed by atoms with E-state index in [-0.39, 0.29) is 5.83 Å². The summed E-state index contributed by atoms with van der Waals surface area (Å²) >= 11 is 3.30. The van der Waals surface area contributed by atoms with E-state index in [4.69, 9.17) is 0 Å². The predicted molar refractivity (Wildman–Crippen MR) is 80.9 cm³/mol. The summed E-state index contributed by atoms with van der Waals surface area (Å²) in [6.07, 6.45) is 1.42. The largest absolute Gasteiger partial charge is 0.465 e. The van der Waals surface area contributed by atoms with Crippen molar-refractivity contribution in [2.75, 3.05) is 7.11 Å². The van der Waals surface area contributed by atoms with Gasteiger partial charge in [-0.25, -0.2) is 9.18 Å². The molecular formula is C16H12BrFO2. The van der Waals surface area contributed by atoms with Crippen LogP contribution in [0.25, 0.3) is 11.9 Å². The van der Waals surface area contributed by atoms with E-state index in [1.807, 2.05) is 6.07 Å². The van der Waals surface area contributed by atoms with Crippen LogP contribution in [0.15, 0.2) is 53.0 Å². The zero-order valence-corrected chi connectivity index (χ0v) is 12.4. The molecule has 0 aliphatic rings. The number of ether oxygens (including phenoxy) is 1. The lowest BCUT2D eigenvalue weighted by atomic mass is 10.1. The minimum absolute atomic E-state index is 0.336. The molecule has 0 N–H and O–H groups in total. The fourth-order valence-corrected chi connectivity index (χ4v) is 2.10. The minimum Gasteiger partial charge on any atom is -0.465 e. The standard InChI is InChI=1S/C16H12BrFO2/c1-20-16(19)12-7-5-11(6-8-12)9-15(18)13-3-2-4-14(17)10-13/h2-10H,1H3. The van der Waals surface area contributed by atoms with E-state index in [0.29, 0.717) is 16.7 Å². The smallest absolute Gasteiger partial charge is 0.337 e. The number of carbonyl (C=O) groups is 1. The van der Waals surface area contributed by atoms with Gasteiger partial charge in [-0.3, -0.25) is 0 Å². The van der Waals surface area contributed by atoms with E-state index >= 15 is 0 Å². The molecule has 0 radical (unpaired) electrons. The first-order valence-corrected chi connectivity index (χ1v) is 6.71. The average Bonchev–Trinajstić information content (AvgIpc) is 2.47. The molecule has 0 bridgehead atoms. The van der Waals surface area contributed by atoms with Crippen molar-refractivity contribution in [1.82, 2.24) is 0 Å². The van der Waals surface area contributed by atoms with E-state index in [9.17, 15) is 9.18 Å². The van der Waals surface area contributed by atoms with Crippen molar-refractivity contribution in [2.45, 2.75) is 0 Å². The third-order valence-electron chi connectivity index (χ3n) is 2.73. The van der Waals surface area contributed by atoms with Gasteiger partial charge in [0, 0.05) is 10.0 Å². The Morgan fingerprint density at radius 1 is 1.15 bits per heavy atom. The van der Waals surface area contributed by atoms with Crippen LogP contribution >= 0.6 is 15.9 Å². The molecule has 0 saturated heterocycles. The molecule has 2 nitrogen and oxygen atoms in total. The van der Waals surface area contributed by atoms with Gasteiger partial charge >= 0.3 is 5.97 Å². The van der Waals surface area contributed by atoms with E-state index in [0.717, 1.165) is 4.47 Å². The highest BCUT2D eigenvalue weighted by Crippen LogP contribution is 2.22. The molecular weight excluding hydrogens is 323 g/mol. The third kappa shape index (κ3) is 3.54. The highest BCUT2D eigenvalue weighted by atomic mass is 79.9. The van der Waals surface area contributed by atoms with Crippen LogP contribution in [0.2, 0.25) is 0 Å². The molecule has 0 unspecified atom stereocenters. The van der Waals surface area contributed by atoms with Gasteiger partial charge < -0.3 is 4.74 Å². The number of halogens is 2. The van der Waals surface area contributed by atoms with Gasteiger partial charge in [0.05, 0.1) is 12.7 Å². The van der Waals surface area contributed by atoms with Crippen LogP contribution in [0.5, 0.6) is 0 Å². The summed E-state index contributed by atoms with van der Waals surface area (Å²) < 4.78 is 19.5. The van der Waals surface area contributed by atoms with Crippen molar-refractivity contribution in [2.24, 2.45) is 0 Å². The Bertz CT molecular complexity index is 648.